The summed E-state index contributed by atoms with van der Waals surface area (Å²) < 4.78 is 5.15. The normalized spacial score (nSPS) is 15.3. The van der Waals surface area contributed by atoms with Gasteiger partial charge in [-0.25, -0.2) is 9.97 Å². The van der Waals surface area contributed by atoms with Crippen LogP contribution in [0.2, 0.25) is 0 Å². The van der Waals surface area contributed by atoms with E-state index < -0.39 is 0 Å². The van der Waals surface area contributed by atoms with Gasteiger partial charge in [0, 0.05) is 13.0 Å². The number of nitrogens with one attached hydrogen (secondary N) is 1. The zero-order chi connectivity index (χ0) is 20.9. The number of hydrogen-bond acceptors (Lipinski definition) is 6. The van der Waals surface area contributed by atoms with Gasteiger partial charge in [-0.15, -0.1) is 0 Å². The van der Waals surface area contributed by atoms with Crippen molar-refractivity contribution in [3.63, 3.8) is 0 Å². The van der Waals surface area contributed by atoms with Gasteiger partial charge in [-0.1, -0.05) is 47.6 Å². The van der Waals surface area contributed by atoms with Crippen molar-refractivity contribution in [1.29, 1.82) is 0 Å². The third-order valence-corrected chi connectivity index (χ3v) is 4.82. The fraction of sp³-hybridized carbons (Fsp3) is 0.217. The molecule has 0 fully saturated rings. The average molecular weight is 402 g/mol. The van der Waals surface area contributed by atoms with Crippen molar-refractivity contribution in [1.82, 2.24) is 15.3 Å². The molecule has 1 atom stereocenters. The van der Waals surface area contributed by atoms with E-state index in [1.165, 1.54) is 0 Å². The Kier molecular flexibility index (Phi) is 5.70. The first-order valence-corrected chi connectivity index (χ1v) is 9.67. The topological polar surface area (TPSA) is 85.7 Å². The van der Waals surface area contributed by atoms with Gasteiger partial charge in [0.1, 0.15) is 23.0 Å². The molecule has 1 aromatic heterocycles. The van der Waals surface area contributed by atoms with E-state index in [2.05, 4.69) is 20.4 Å². The fourth-order valence-electron chi connectivity index (χ4n) is 3.22. The number of aryl methyl sites for hydroxylation is 1. The van der Waals surface area contributed by atoms with Gasteiger partial charge in [0.15, 0.2) is 6.10 Å². The number of carbonyl (C=O) groups is 1. The van der Waals surface area contributed by atoms with Crippen molar-refractivity contribution < 1.29 is 14.4 Å². The summed E-state index contributed by atoms with van der Waals surface area (Å²) in [4.78, 5) is 27.0. The molecule has 30 heavy (non-hydrogen) atoms. The van der Waals surface area contributed by atoms with Gasteiger partial charge in [0.25, 0.3) is 5.91 Å². The predicted molar refractivity (Wildman–Crippen MR) is 112 cm³/mol. The molecule has 4 rings (SSSR count). The van der Waals surface area contributed by atoms with Crippen molar-refractivity contribution in [2.75, 3.05) is 7.11 Å². The molecule has 0 spiro atoms. The molecule has 7 nitrogen and oxygen atoms in total. The highest BCUT2D eigenvalue weighted by atomic mass is 16.6. The number of nitrogens with zero attached hydrogens (tertiary/aromatic N) is 3. The minimum atomic E-state index is -0.267. The van der Waals surface area contributed by atoms with Crippen LogP contribution < -0.4 is 10.1 Å². The molecule has 2 heterocycles. The number of methoxy groups -OCH3 is 1. The molecule has 1 unspecified atom stereocenters. The second-order valence-electron chi connectivity index (χ2n) is 6.96. The van der Waals surface area contributed by atoms with Crippen LogP contribution in [0.1, 0.15) is 45.7 Å². The first kappa shape index (κ1) is 19.6. The van der Waals surface area contributed by atoms with E-state index in [0.717, 1.165) is 16.9 Å². The van der Waals surface area contributed by atoms with E-state index >= 15 is 0 Å². The van der Waals surface area contributed by atoms with E-state index in [1.54, 1.807) is 20.1 Å². The SMILES string of the molecule is COc1ccc(CNC(=O)c2cc(C3=NOC(c4ccccc4)C3)nc(C)n2)cc1. The number of carbonyl (C=O) groups excluding carboxylic acids is 1. The molecule has 1 aliphatic rings. The molecular formula is C23H22N4O3. The molecule has 2 aromatic carbocycles. The zero-order valence-electron chi connectivity index (χ0n) is 16.8. The molecule has 0 saturated carbocycles. The van der Waals surface area contributed by atoms with Crippen LogP contribution in [0.5, 0.6) is 5.75 Å². The van der Waals surface area contributed by atoms with Gasteiger partial charge in [0.05, 0.1) is 12.8 Å². The summed E-state index contributed by atoms with van der Waals surface area (Å²) in [5, 5.41) is 7.09. The lowest BCUT2D eigenvalue weighted by Gasteiger charge is -2.09. The molecule has 0 aliphatic carbocycles. The third-order valence-electron chi connectivity index (χ3n) is 4.82. The van der Waals surface area contributed by atoms with Crippen LogP contribution in [-0.2, 0) is 11.4 Å². The molecule has 3 aromatic rings. The van der Waals surface area contributed by atoms with E-state index in [1.807, 2.05) is 54.6 Å². The zero-order valence-corrected chi connectivity index (χ0v) is 16.8. The van der Waals surface area contributed by atoms with E-state index in [4.69, 9.17) is 9.57 Å². The Bertz CT molecular complexity index is 1070. The van der Waals surface area contributed by atoms with E-state index in [-0.39, 0.29) is 12.0 Å². The first-order valence-electron chi connectivity index (χ1n) is 9.67. The Balaban J connectivity index is 1.44. The lowest BCUT2D eigenvalue weighted by Crippen LogP contribution is -2.25. The Hall–Kier alpha value is -3.74. The highest BCUT2D eigenvalue weighted by molar-refractivity contribution is 6.02. The number of rotatable bonds is 6. The molecular weight excluding hydrogens is 380 g/mol. The minimum Gasteiger partial charge on any atom is -0.497 e. The molecule has 0 bridgehead atoms. The van der Waals surface area contributed by atoms with Gasteiger partial charge in [-0.2, -0.15) is 0 Å². The fourth-order valence-corrected chi connectivity index (χ4v) is 3.22. The van der Waals surface area contributed by atoms with Crippen LogP contribution >= 0.6 is 0 Å². The second-order valence-corrected chi connectivity index (χ2v) is 6.96. The number of ether oxygens (including phenoxy) is 1. The summed E-state index contributed by atoms with van der Waals surface area (Å²) in [5.41, 5.74) is 3.64. The van der Waals surface area contributed by atoms with Gasteiger partial charge in [-0.3, -0.25) is 4.79 Å². The van der Waals surface area contributed by atoms with Gasteiger partial charge in [-0.05, 0) is 36.2 Å². The largest absolute Gasteiger partial charge is 0.497 e. The molecule has 1 amide bonds. The summed E-state index contributed by atoms with van der Waals surface area (Å²) in [6.45, 7) is 2.15. The van der Waals surface area contributed by atoms with Crippen LogP contribution in [0.3, 0.4) is 0 Å². The molecule has 1 aliphatic heterocycles. The maximum absolute atomic E-state index is 12.6. The van der Waals surface area contributed by atoms with Gasteiger partial charge < -0.3 is 14.9 Å². The van der Waals surface area contributed by atoms with Crippen molar-refractivity contribution >= 4 is 11.6 Å². The van der Waals surface area contributed by atoms with Crippen LogP contribution in [0.25, 0.3) is 0 Å². The number of oxime groups is 1. The van der Waals surface area contributed by atoms with E-state index in [0.29, 0.717) is 35.9 Å². The lowest BCUT2D eigenvalue weighted by atomic mass is 10.0. The maximum Gasteiger partial charge on any atom is 0.270 e. The quantitative estimate of drug-likeness (QED) is 0.681. The van der Waals surface area contributed by atoms with Crippen LogP contribution in [0.15, 0.2) is 65.8 Å². The molecule has 1 N–H and O–H groups in total. The smallest absolute Gasteiger partial charge is 0.270 e. The molecule has 0 radical (unpaired) electrons. The number of amides is 1. The Morgan fingerprint density at radius 3 is 2.63 bits per heavy atom. The van der Waals surface area contributed by atoms with Crippen molar-refractivity contribution in [3.8, 4) is 5.75 Å². The second kappa shape index (κ2) is 8.73. The summed E-state index contributed by atoms with van der Waals surface area (Å²) in [6, 6.07) is 19.1. The lowest BCUT2D eigenvalue weighted by molar-refractivity contribution is 0.0857. The summed E-state index contributed by atoms with van der Waals surface area (Å²) in [7, 11) is 1.62. The van der Waals surface area contributed by atoms with Crippen LogP contribution in [0.4, 0.5) is 0 Å². The highest BCUT2D eigenvalue weighted by Crippen LogP contribution is 2.28. The van der Waals surface area contributed by atoms with E-state index in [9.17, 15) is 4.79 Å². The number of benzene rings is 2. The van der Waals surface area contributed by atoms with Crippen molar-refractivity contribution in [2.45, 2.75) is 26.0 Å². The number of aromatic nitrogens is 2. The Morgan fingerprint density at radius 1 is 1.13 bits per heavy atom. The standard InChI is InChI=1S/C23H22N4O3/c1-15-25-19(20-13-22(30-27-20)17-6-4-3-5-7-17)12-21(26-15)23(28)24-14-16-8-10-18(29-2)11-9-16/h3-12,22H,13-14H2,1-2H3,(H,24,28). The minimum absolute atomic E-state index is 0.149. The Labute approximate surface area is 174 Å². The van der Waals surface area contributed by atoms with Gasteiger partial charge in [0.2, 0.25) is 0 Å². The summed E-state index contributed by atoms with van der Waals surface area (Å²) >= 11 is 0. The first-order chi connectivity index (χ1) is 14.6. The molecule has 152 valence electrons. The van der Waals surface area contributed by atoms with Gasteiger partial charge >= 0.3 is 0 Å². The van der Waals surface area contributed by atoms with Crippen LogP contribution in [0, 0.1) is 6.92 Å². The third kappa shape index (κ3) is 4.46. The summed E-state index contributed by atoms with van der Waals surface area (Å²) in [5.74, 6) is 1.01. The molecule has 7 heteroatoms. The van der Waals surface area contributed by atoms with Crippen LogP contribution in [-0.4, -0.2) is 28.7 Å². The van der Waals surface area contributed by atoms with Crippen molar-refractivity contribution in [2.24, 2.45) is 5.16 Å². The average Bonchev–Trinajstić information content (AvgIpc) is 3.28. The summed E-state index contributed by atoms with van der Waals surface area (Å²) in [6.07, 6.45) is 0.441. The predicted octanol–water partition coefficient (Wildman–Crippen LogP) is 3.59. The highest BCUT2D eigenvalue weighted by Gasteiger charge is 2.25. The molecule has 0 saturated heterocycles. The number of hydrogen-bond donors (Lipinski definition) is 1. The monoisotopic (exact) mass is 402 g/mol. The maximum atomic E-state index is 12.6. The Morgan fingerprint density at radius 2 is 1.90 bits per heavy atom. The van der Waals surface area contributed by atoms with Crippen molar-refractivity contribution in [3.05, 3.63) is 89.0 Å².